The maximum atomic E-state index is 11.1. The molecule has 7 nitrogen and oxygen atoms in total. The van der Waals surface area contributed by atoms with Crippen molar-refractivity contribution in [1.29, 1.82) is 0 Å². The van der Waals surface area contributed by atoms with Gasteiger partial charge in [-0.05, 0) is 51.2 Å². The number of aromatic nitrogens is 3. The van der Waals surface area contributed by atoms with Crippen LogP contribution < -0.4 is 10.2 Å². The van der Waals surface area contributed by atoms with E-state index in [1.807, 2.05) is 6.92 Å². The predicted octanol–water partition coefficient (Wildman–Crippen LogP) is 2.30. The first-order valence-corrected chi connectivity index (χ1v) is 9.72. The van der Waals surface area contributed by atoms with Crippen LogP contribution in [0, 0.1) is 13.8 Å². The number of piperidine rings is 1. The normalized spacial score (nSPS) is 21.7. The summed E-state index contributed by atoms with van der Waals surface area (Å²) in [6.45, 7) is 8.07. The molecule has 2 fully saturated rings. The third kappa shape index (κ3) is 3.60. The van der Waals surface area contributed by atoms with Gasteiger partial charge < -0.3 is 15.0 Å². The Morgan fingerprint density at radius 1 is 1.30 bits per heavy atom. The SMILES string of the molecule is CC(=O)NCC1CCC2(CCN(c3ncnc4nc(C)cc(C)c34)CC2)O1. The molecule has 1 amide bonds. The first kappa shape index (κ1) is 18.1. The lowest BCUT2D eigenvalue weighted by Gasteiger charge is -2.40. The van der Waals surface area contributed by atoms with Gasteiger partial charge in [-0.2, -0.15) is 0 Å². The highest BCUT2D eigenvalue weighted by molar-refractivity contribution is 5.90. The number of amides is 1. The number of anilines is 1. The molecule has 1 atom stereocenters. The van der Waals surface area contributed by atoms with Crippen LogP contribution in [0.4, 0.5) is 5.82 Å². The molecular formula is C20H27N5O2. The average Bonchev–Trinajstić information content (AvgIpc) is 3.02. The number of rotatable bonds is 3. The Morgan fingerprint density at radius 2 is 2.07 bits per heavy atom. The quantitative estimate of drug-likeness (QED) is 0.894. The van der Waals surface area contributed by atoms with Crippen LogP contribution in [0.2, 0.25) is 0 Å². The lowest BCUT2D eigenvalue weighted by molar-refractivity contribution is -0.120. The number of carbonyl (C=O) groups is 1. The molecule has 4 rings (SSSR count). The fourth-order valence-electron chi connectivity index (χ4n) is 4.42. The van der Waals surface area contributed by atoms with Crippen LogP contribution in [0.25, 0.3) is 11.0 Å². The lowest BCUT2D eigenvalue weighted by Crippen LogP contribution is -2.45. The largest absolute Gasteiger partial charge is 0.370 e. The topological polar surface area (TPSA) is 80.2 Å². The Morgan fingerprint density at radius 3 is 2.81 bits per heavy atom. The van der Waals surface area contributed by atoms with Crippen molar-refractivity contribution in [3.63, 3.8) is 0 Å². The summed E-state index contributed by atoms with van der Waals surface area (Å²) in [5.74, 6) is 0.983. The van der Waals surface area contributed by atoms with Crippen molar-refractivity contribution in [2.75, 3.05) is 24.5 Å². The zero-order valence-corrected chi connectivity index (χ0v) is 16.3. The smallest absolute Gasteiger partial charge is 0.216 e. The third-order valence-electron chi connectivity index (χ3n) is 5.80. The predicted molar refractivity (Wildman–Crippen MR) is 104 cm³/mol. The van der Waals surface area contributed by atoms with Gasteiger partial charge in [-0.3, -0.25) is 4.79 Å². The molecule has 0 bridgehead atoms. The molecule has 2 saturated heterocycles. The van der Waals surface area contributed by atoms with Crippen molar-refractivity contribution in [3.05, 3.63) is 23.7 Å². The molecule has 2 aromatic heterocycles. The number of hydrogen-bond donors (Lipinski definition) is 1. The van der Waals surface area contributed by atoms with E-state index in [1.165, 1.54) is 5.56 Å². The Kier molecular flexibility index (Phi) is 4.72. The summed E-state index contributed by atoms with van der Waals surface area (Å²) < 4.78 is 6.36. The summed E-state index contributed by atoms with van der Waals surface area (Å²) in [5, 5.41) is 3.93. The van der Waals surface area contributed by atoms with Gasteiger partial charge in [0.1, 0.15) is 12.1 Å². The van der Waals surface area contributed by atoms with Crippen molar-refractivity contribution in [2.45, 2.75) is 58.2 Å². The zero-order chi connectivity index (χ0) is 19.0. The van der Waals surface area contributed by atoms with E-state index in [-0.39, 0.29) is 17.6 Å². The van der Waals surface area contributed by atoms with Gasteiger partial charge in [-0.1, -0.05) is 0 Å². The first-order valence-electron chi connectivity index (χ1n) is 9.72. The van der Waals surface area contributed by atoms with Gasteiger partial charge in [0.25, 0.3) is 0 Å². The van der Waals surface area contributed by atoms with Crippen molar-refractivity contribution in [2.24, 2.45) is 0 Å². The molecule has 2 aliphatic rings. The van der Waals surface area contributed by atoms with Gasteiger partial charge in [-0.25, -0.2) is 15.0 Å². The van der Waals surface area contributed by atoms with Crippen LogP contribution in [0.3, 0.4) is 0 Å². The van der Waals surface area contributed by atoms with Gasteiger partial charge in [0.2, 0.25) is 5.91 Å². The molecule has 4 heterocycles. The van der Waals surface area contributed by atoms with Crippen LogP contribution in [-0.4, -0.2) is 52.2 Å². The van der Waals surface area contributed by atoms with E-state index in [2.05, 4.69) is 38.2 Å². The van der Waals surface area contributed by atoms with Crippen LogP contribution in [0.15, 0.2) is 12.4 Å². The van der Waals surface area contributed by atoms with Gasteiger partial charge in [0, 0.05) is 32.3 Å². The van der Waals surface area contributed by atoms with Crippen molar-refractivity contribution >= 4 is 22.8 Å². The summed E-state index contributed by atoms with van der Waals surface area (Å²) in [5.41, 5.74) is 2.87. The van der Waals surface area contributed by atoms with Crippen LogP contribution in [-0.2, 0) is 9.53 Å². The zero-order valence-electron chi connectivity index (χ0n) is 16.3. The molecule has 2 aromatic rings. The third-order valence-corrected chi connectivity index (χ3v) is 5.80. The van der Waals surface area contributed by atoms with E-state index in [4.69, 9.17) is 4.74 Å². The first-order chi connectivity index (χ1) is 13.0. The summed E-state index contributed by atoms with van der Waals surface area (Å²) in [4.78, 5) is 27.0. The van der Waals surface area contributed by atoms with Crippen LogP contribution in [0.1, 0.15) is 43.9 Å². The molecule has 1 spiro atoms. The minimum Gasteiger partial charge on any atom is -0.370 e. The van der Waals surface area contributed by atoms with E-state index in [0.29, 0.717) is 6.54 Å². The minimum atomic E-state index is -0.0493. The second-order valence-electron chi connectivity index (χ2n) is 7.86. The monoisotopic (exact) mass is 369 g/mol. The molecule has 144 valence electrons. The maximum absolute atomic E-state index is 11.1. The second kappa shape index (κ2) is 7.03. The minimum absolute atomic E-state index is 0.00391. The van der Waals surface area contributed by atoms with Crippen molar-refractivity contribution in [3.8, 4) is 0 Å². The molecule has 0 radical (unpaired) electrons. The van der Waals surface area contributed by atoms with E-state index >= 15 is 0 Å². The molecule has 0 saturated carbocycles. The van der Waals surface area contributed by atoms with Gasteiger partial charge in [0.05, 0.1) is 17.1 Å². The summed E-state index contributed by atoms with van der Waals surface area (Å²) in [6, 6.07) is 2.09. The second-order valence-corrected chi connectivity index (χ2v) is 7.86. The van der Waals surface area contributed by atoms with E-state index in [9.17, 15) is 4.79 Å². The molecule has 2 aliphatic heterocycles. The standard InChI is InChI=1S/C20H27N5O2/c1-13-10-14(2)24-18-17(13)19(23-12-22-18)25-8-6-20(7-9-25)5-4-16(27-20)11-21-15(3)26/h10,12,16H,4-9,11H2,1-3H3,(H,21,26). The van der Waals surface area contributed by atoms with Gasteiger partial charge in [0.15, 0.2) is 5.65 Å². The van der Waals surface area contributed by atoms with Crippen molar-refractivity contribution in [1.82, 2.24) is 20.3 Å². The van der Waals surface area contributed by atoms with Crippen molar-refractivity contribution < 1.29 is 9.53 Å². The fourth-order valence-corrected chi connectivity index (χ4v) is 4.42. The molecule has 1 unspecified atom stereocenters. The molecular weight excluding hydrogens is 342 g/mol. The summed E-state index contributed by atoms with van der Waals surface area (Å²) >= 11 is 0. The number of carbonyl (C=O) groups excluding carboxylic acids is 1. The maximum Gasteiger partial charge on any atom is 0.216 e. The van der Waals surface area contributed by atoms with Crippen LogP contribution >= 0.6 is 0 Å². The highest BCUT2D eigenvalue weighted by Gasteiger charge is 2.42. The summed E-state index contributed by atoms with van der Waals surface area (Å²) in [7, 11) is 0. The van der Waals surface area contributed by atoms with Crippen LogP contribution in [0.5, 0.6) is 0 Å². The number of hydrogen-bond acceptors (Lipinski definition) is 6. The number of pyridine rings is 1. The highest BCUT2D eigenvalue weighted by Crippen LogP contribution is 2.40. The fraction of sp³-hybridized carbons (Fsp3) is 0.600. The highest BCUT2D eigenvalue weighted by atomic mass is 16.5. The Labute approximate surface area is 159 Å². The van der Waals surface area contributed by atoms with E-state index < -0.39 is 0 Å². The van der Waals surface area contributed by atoms with E-state index in [1.54, 1.807) is 13.3 Å². The number of nitrogens with one attached hydrogen (secondary N) is 1. The number of ether oxygens (including phenoxy) is 1. The lowest BCUT2D eigenvalue weighted by atomic mass is 9.88. The molecule has 7 heteroatoms. The number of fused-ring (bicyclic) bond motifs is 1. The molecule has 0 aromatic carbocycles. The number of aryl methyl sites for hydroxylation is 2. The summed E-state index contributed by atoms with van der Waals surface area (Å²) in [6.07, 6.45) is 5.79. The number of nitrogens with zero attached hydrogens (tertiary/aromatic N) is 4. The van der Waals surface area contributed by atoms with E-state index in [0.717, 1.165) is 61.3 Å². The Bertz CT molecular complexity index is 861. The molecule has 1 N–H and O–H groups in total. The molecule has 0 aliphatic carbocycles. The van der Waals surface area contributed by atoms with Gasteiger partial charge >= 0.3 is 0 Å². The Balaban J connectivity index is 1.47. The molecule has 27 heavy (non-hydrogen) atoms. The average molecular weight is 369 g/mol. The van der Waals surface area contributed by atoms with Gasteiger partial charge in [-0.15, -0.1) is 0 Å². The Hall–Kier alpha value is -2.28.